The number of hydrogen-bond acceptors (Lipinski definition) is 3. The number of hydrogen-bond donors (Lipinski definition) is 2. The maximum Gasteiger partial charge on any atom is 0.160 e. The first-order valence-corrected chi connectivity index (χ1v) is 4.72. The Bertz CT molecular complexity index is 598. The monoisotopic (exact) mass is 219 g/mol. The van der Waals surface area contributed by atoms with Crippen LogP contribution in [0.15, 0.2) is 24.4 Å². The second kappa shape index (κ2) is 3.06. The molecular weight excluding hydrogens is 214 g/mol. The highest BCUT2D eigenvalue weighted by atomic mass is 35.5. The molecule has 0 atom stereocenters. The van der Waals surface area contributed by atoms with Crippen LogP contribution in [0.1, 0.15) is 0 Å². The van der Waals surface area contributed by atoms with E-state index in [1.54, 1.807) is 12.3 Å². The maximum absolute atomic E-state index is 5.87. The highest BCUT2D eigenvalue weighted by Gasteiger charge is 2.07. The van der Waals surface area contributed by atoms with Crippen LogP contribution in [0.2, 0.25) is 5.02 Å². The summed E-state index contributed by atoms with van der Waals surface area (Å²) in [7, 11) is 0. The molecule has 0 fully saturated rings. The lowest BCUT2D eigenvalue weighted by atomic mass is 10.3. The van der Waals surface area contributed by atoms with Crippen molar-refractivity contribution in [2.75, 3.05) is 0 Å². The van der Waals surface area contributed by atoms with Crippen molar-refractivity contribution in [1.29, 1.82) is 0 Å². The third-order valence-corrected chi connectivity index (χ3v) is 2.34. The lowest BCUT2D eigenvalue weighted by Gasteiger charge is -1.87. The molecule has 2 aromatic heterocycles. The van der Waals surface area contributed by atoms with Crippen LogP contribution in [0.3, 0.4) is 0 Å². The van der Waals surface area contributed by atoms with Crippen LogP contribution in [-0.4, -0.2) is 25.4 Å². The summed E-state index contributed by atoms with van der Waals surface area (Å²) in [4.78, 5) is 7.48. The van der Waals surface area contributed by atoms with Crippen molar-refractivity contribution in [3.63, 3.8) is 0 Å². The van der Waals surface area contributed by atoms with Crippen LogP contribution in [0.25, 0.3) is 22.6 Å². The van der Waals surface area contributed by atoms with Gasteiger partial charge in [0.15, 0.2) is 5.82 Å². The summed E-state index contributed by atoms with van der Waals surface area (Å²) in [6.07, 6.45) is 1.61. The number of H-pyrrole nitrogens is 2. The molecule has 74 valence electrons. The van der Waals surface area contributed by atoms with Crippen LogP contribution in [0.5, 0.6) is 0 Å². The molecule has 0 bridgehead atoms. The van der Waals surface area contributed by atoms with Gasteiger partial charge in [0.05, 0.1) is 17.2 Å². The van der Waals surface area contributed by atoms with E-state index in [1.165, 1.54) is 0 Å². The molecule has 1 aromatic carbocycles. The predicted octanol–water partition coefficient (Wildman–Crippen LogP) is 2.00. The molecule has 0 saturated heterocycles. The second-order valence-corrected chi connectivity index (χ2v) is 3.54. The van der Waals surface area contributed by atoms with E-state index in [9.17, 15) is 0 Å². The molecule has 0 radical (unpaired) electrons. The fraction of sp³-hybridized carbons (Fsp3) is 0. The van der Waals surface area contributed by atoms with Gasteiger partial charge in [0.1, 0.15) is 5.69 Å². The van der Waals surface area contributed by atoms with Crippen molar-refractivity contribution < 1.29 is 0 Å². The Morgan fingerprint density at radius 1 is 1.27 bits per heavy atom. The van der Waals surface area contributed by atoms with E-state index in [0.29, 0.717) is 16.5 Å². The van der Waals surface area contributed by atoms with Gasteiger partial charge < -0.3 is 4.98 Å². The Labute approximate surface area is 89.5 Å². The van der Waals surface area contributed by atoms with Gasteiger partial charge in [-0.05, 0) is 18.2 Å². The summed E-state index contributed by atoms with van der Waals surface area (Å²) < 4.78 is 0. The van der Waals surface area contributed by atoms with Crippen LogP contribution in [-0.2, 0) is 0 Å². The van der Waals surface area contributed by atoms with Crippen LogP contribution in [0.4, 0.5) is 0 Å². The minimum Gasteiger partial charge on any atom is -0.336 e. The molecule has 0 spiro atoms. The number of aromatic nitrogens is 5. The van der Waals surface area contributed by atoms with Gasteiger partial charge >= 0.3 is 0 Å². The number of benzene rings is 1. The average molecular weight is 220 g/mol. The molecule has 15 heavy (non-hydrogen) atoms. The van der Waals surface area contributed by atoms with Crippen molar-refractivity contribution in [2.24, 2.45) is 0 Å². The van der Waals surface area contributed by atoms with Gasteiger partial charge in [-0.15, -0.1) is 0 Å². The Morgan fingerprint density at radius 3 is 3.00 bits per heavy atom. The largest absolute Gasteiger partial charge is 0.336 e. The fourth-order valence-electron chi connectivity index (χ4n) is 1.42. The number of aromatic amines is 2. The van der Waals surface area contributed by atoms with E-state index in [2.05, 4.69) is 25.4 Å². The average Bonchev–Trinajstić information content (AvgIpc) is 2.84. The fourth-order valence-corrected chi connectivity index (χ4v) is 1.59. The first-order chi connectivity index (χ1) is 7.33. The molecule has 3 rings (SSSR count). The molecule has 2 heterocycles. The summed E-state index contributed by atoms with van der Waals surface area (Å²) in [5, 5.41) is 10.9. The minimum atomic E-state index is 0.679. The van der Waals surface area contributed by atoms with Crippen LogP contribution in [0, 0.1) is 0 Å². The van der Waals surface area contributed by atoms with E-state index in [-0.39, 0.29) is 0 Å². The van der Waals surface area contributed by atoms with Crippen molar-refractivity contribution in [3.8, 4) is 11.5 Å². The number of fused-ring (bicyclic) bond motifs is 1. The minimum absolute atomic E-state index is 0.679. The quantitative estimate of drug-likeness (QED) is 0.658. The topological polar surface area (TPSA) is 70.2 Å². The highest BCUT2D eigenvalue weighted by Crippen LogP contribution is 2.20. The first kappa shape index (κ1) is 8.43. The zero-order valence-electron chi connectivity index (χ0n) is 7.53. The summed E-state index contributed by atoms with van der Waals surface area (Å²) >= 11 is 5.87. The molecule has 0 amide bonds. The van der Waals surface area contributed by atoms with Crippen molar-refractivity contribution >= 4 is 22.6 Å². The summed E-state index contributed by atoms with van der Waals surface area (Å²) in [5.41, 5.74) is 2.43. The molecule has 5 nitrogen and oxygen atoms in total. The maximum atomic E-state index is 5.87. The second-order valence-electron chi connectivity index (χ2n) is 3.10. The molecule has 0 aliphatic carbocycles. The van der Waals surface area contributed by atoms with Crippen molar-refractivity contribution in [1.82, 2.24) is 25.4 Å². The van der Waals surface area contributed by atoms with Gasteiger partial charge in [-0.25, -0.2) is 4.98 Å². The Morgan fingerprint density at radius 2 is 2.20 bits per heavy atom. The molecule has 6 heteroatoms. The van der Waals surface area contributed by atoms with E-state index in [4.69, 9.17) is 11.6 Å². The van der Waals surface area contributed by atoms with Gasteiger partial charge in [-0.2, -0.15) is 15.4 Å². The molecule has 0 saturated carbocycles. The molecule has 0 unspecified atom stereocenters. The number of halogens is 1. The van der Waals surface area contributed by atoms with Gasteiger partial charge in [0.25, 0.3) is 0 Å². The van der Waals surface area contributed by atoms with Gasteiger partial charge in [0, 0.05) is 5.02 Å². The molecule has 0 aliphatic rings. The zero-order chi connectivity index (χ0) is 10.3. The predicted molar refractivity (Wildman–Crippen MR) is 56.5 cm³/mol. The summed E-state index contributed by atoms with van der Waals surface area (Å²) in [5.74, 6) is 0.681. The van der Waals surface area contributed by atoms with E-state index >= 15 is 0 Å². The number of nitrogens with one attached hydrogen (secondary N) is 2. The summed E-state index contributed by atoms with van der Waals surface area (Å²) in [6.45, 7) is 0. The number of rotatable bonds is 1. The summed E-state index contributed by atoms with van der Waals surface area (Å²) in [6, 6.07) is 5.49. The molecule has 2 N–H and O–H groups in total. The Hall–Kier alpha value is -1.88. The SMILES string of the molecule is Clc1ccc2nc(-c3cn[nH]n3)[nH]c2c1. The molecular formula is C9H6ClN5. The first-order valence-electron chi connectivity index (χ1n) is 4.34. The van der Waals surface area contributed by atoms with E-state index in [1.807, 2.05) is 12.1 Å². The zero-order valence-corrected chi connectivity index (χ0v) is 8.28. The van der Waals surface area contributed by atoms with E-state index < -0.39 is 0 Å². The van der Waals surface area contributed by atoms with E-state index in [0.717, 1.165) is 11.0 Å². The van der Waals surface area contributed by atoms with Crippen molar-refractivity contribution in [2.45, 2.75) is 0 Å². The normalized spacial score (nSPS) is 11.0. The Balaban J connectivity index is 2.22. The standard InChI is InChI=1S/C9H6ClN5/c10-5-1-2-6-7(3-5)13-9(12-6)8-4-11-15-14-8/h1-4H,(H,12,13)(H,11,14,15). The highest BCUT2D eigenvalue weighted by molar-refractivity contribution is 6.31. The smallest absolute Gasteiger partial charge is 0.160 e. The van der Waals surface area contributed by atoms with Crippen molar-refractivity contribution in [3.05, 3.63) is 29.4 Å². The lowest BCUT2D eigenvalue weighted by Crippen LogP contribution is -1.79. The van der Waals surface area contributed by atoms with Crippen LogP contribution >= 0.6 is 11.6 Å². The van der Waals surface area contributed by atoms with Gasteiger partial charge in [0.2, 0.25) is 0 Å². The van der Waals surface area contributed by atoms with Gasteiger partial charge in [-0.1, -0.05) is 11.6 Å². The van der Waals surface area contributed by atoms with Gasteiger partial charge in [-0.3, -0.25) is 0 Å². The third kappa shape index (κ3) is 1.37. The lowest BCUT2D eigenvalue weighted by molar-refractivity contribution is 0.940. The van der Waals surface area contributed by atoms with Crippen LogP contribution < -0.4 is 0 Å². The Kier molecular flexibility index (Phi) is 1.72. The number of nitrogens with zero attached hydrogens (tertiary/aromatic N) is 3. The molecule has 0 aliphatic heterocycles. The number of imidazole rings is 1. The third-order valence-electron chi connectivity index (χ3n) is 2.10. The molecule has 3 aromatic rings.